The molecule has 4 fully saturated rings. The van der Waals surface area contributed by atoms with Crippen molar-refractivity contribution < 1.29 is 63.5 Å². The maximum Gasteiger partial charge on any atom is 0.311 e. The molecule has 18 atom stereocenters. The summed E-state index contributed by atoms with van der Waals surface area (Å²) in [6.45, 7) is 14.7. The largest absolute Gasteiger partial charge is 0.459 e. The Morgan fingerprint density at radius 2 is 1.52 bits per heavy atom. The normalized spacial score (nSPS) is 52.6. The van der Waals surface area contributed by atoms with Crippen molar-refractivity contribution in [3.8, 4) is 0 Å². The monoisotopic (exact) mass is 717 g/mol. The van der Waals surface area contributed by atoms with Gasteiger partial charge in [0.1, 0.15) is 29.2 Å². The van der Waals surface area contributed by atoms with Crippen molar-refractivity contribution >= 4 is 11.8 Å². The molecule has 0 aromatic rings. The van der Waals surface area contributed by atoms with Crippen LogP contribution in [0.4, 0.5) is 0 Å². The number of carbonyl (C=O) groups excluding carboxylic acids is 2. The minimum absolute atomic E-state index is 0.0909. The molecule has 290 valence electrons. The lowest BCUT2D eigenvalue weighted by Gasteiger charge is -2.52. The molecule has 0 amide bonds. The van der Waals surface area contributed by atoms with E-state index in [0.717, 1.165) is 0 Å². The molecule has 4 heterocycles. The first kappa shape index (κ1) is 41.5. The fourth-order valence-corrected chi connectivity index (χ4v) is 9.07. The number of hydrogen-bond acceptors (Lipinski definition) is 14. The van der Waals surface area contributed by atoms with E-state index in [1.807, 2.05) is 6.92 Å². The molecule has 4 aliphatic rings. The lowest BCUT2D eigenvalue weighted by molar-refractivity contribution is -0.300. The number of esters is 1. The lowest BCUT2D eigenvalue weighted by atomic mass is 9.65. The first-order chi connectivity index (χ1) is 23.0. The number of likely N-dealkylation sites (N-methyl/N-ethyl adjacent to an activating group) is 1. The van der Waals surface area contributed by atoms with Gasteiger partial charge in [-0.1, -0.05) is 27.7 Å². The van der Waals surface area contributed by atoms with E-state index in [9.17, 15) is 35.1 Å². The molecule has 0 spiro atoms. The Kier molecular flexibility index (Phi) is 12.3. The van der Waals surface area contributed by atoms with E-state index in [2.05, 4.69) is 0 Å². The molecular formula is C36H63NO13. The number of Topliss-reactive ketones (excluding diaryl/α,β-unsaturated/α-hetero) is 1. The van der Waals surface area contributed by atoms with Crippen LogP contribution in [0.2, 0.25) is 0 Å². The molecule has 0 aliphatic carbocycles. The smallest absolute Gasteiger partial charge is 0.311 e. The van der Waals surface area contributed by atoms with Crippen LogP contribution in [0.1, 0.15) is 88.0 Å². The van der Waals surface area contributed by atoms with Gasteiger partial charge >= 0.3 is 5.97 Å². The maximum absolute atomic E-state index is 14.1. The predicted octanol–water partition coefficient (Wildman–Crippen LogP) is 1.15. The van der Waals surface area contributed by atoms with Gasteiger partial charge in [-0.2, -0.15) is 0 Å². The van der Waals surface area contributed by atoms with Gasteiger partial charge in [-0.05, 0) is 68.0 Å². The number of cyclic esters (lactones) is 1. The molecule has 50 heavy (non-hydrogen) atoms. The molecule has 4 saturated heterocycles. The molecule has 4 aliphatic heterocycles. The topological polar surface area (TPSA) is 194 Å². The van der Waals surface area contributed by atoms with Crippen LogP contribution in [-0.4, -0.2) is 147 Å². The van der Waals surface area contributed by atoms with Crippen molar-refractivity contribution in [2.24, 2.45) is 23.7 Å². The van der Waals surface area contributed by atoms with Crippen molar-refractivity contribution in [2.45, 2.75) is 172 Å². The lowest BCUT2D eigenvalue weighted by Crippen LogP contribution is -2.72. The number of hydrogen-bond donors (Lipinski definition) is 5. The van der Waals surface area contributed by atoms with Crippen LogP contribution in [0.5, 0.6) is 0 Å². The van der Waals surface area contributed by atoms with Crippen molar-refractivity contribution in [3.63, 3.8) is 0 Å². The van der Waals surface area contributed by atoms with E-state index in [1.165, 1.54) is 21.0 Å². The molecular weight excluding hydrogens is 654 g/mol. The van der Waals surface area contributed by atoms with Gasteiger partial charge in [0.15, 0.2) is 18.2 Å². The van der Waals surface area contributed by atoms with Gasteiger partial charge in [-0.3, -0.25) is 9.59 Å². The zero-order valence-corrected chi connectivity index (χ0v) is 31.9. The van der Waals surface area contributed by atoms with Crippen LogP contribution in [0.25, 0.3) is 0 Å². The predicted molar refractivity (Wildman–Crippen MR) is 180 cm³/mol. The minimum Gasteiger partial charge on any atom is -0.459 e. The Balaban J connectivity index is 1.89. The van der Waals surface area contributed by atoms with Crippen LogP contribution in [0.3, 0.4) is 0 Å². The summed E-state index contributed by atoms with van der Waals surface area (Å²) < 4.78 is 37.0. The fourth-order valence-electron chi connectivity index (χ4n) is 9.07. The highest BCUT2D eigenvalue weighted by Gasteiger charge is 2.73. The number of ether oxygens (including phenoxy) is 6. The van der Waals surface area contributed by atoms with Crippen molar-refractivity contribution in [1.29, 1.82) is 0 Å². The number of aliphatic hydroxyl groups is 5. The first-order valence-electron chi connectivity index (χ1n) is 18.1. The van der Waals surface area contributed by atoms with E-state index in [0.29, 0.717) is 6.42 Å². The van der Waals surface area contributed by atoms with E-state index >= 15 is 0 Å². The molecule has 14 nitrogen and oxygen atoms in total. The van der Waals surface area contributed by atoms with Crippen LogP contribution in [-0.2, 0) is 38.0 Å². The van der Waals surface area contributed by atoms with Crippen LogP contribution in [0, 0.1) is 23.7 Å². The van der Waals surface area contributed by atoms with Crippen molar-refractivity contribution in [2.75, 3.05) is 21.2 Å². The summed E-state index contributed by atoms with van der Waals surface area (Å²) in [5.74, 6) is -5.22. The molecule has 14 heteroatoms. The number of fused-ring (bicyclic) bond motifs is 3. The van der Waals surface area contributed by atoms with E-state index in [4.69, 9.17) is 28.4 Å². The van der Waals surface area contributed by atoms with Gasteiger partial charge in [0, 0.05) is 37.3 Å². The third-order valence-corrected chi connectivity index (χ3v) is 12.4. The number of nitrogens with zero attached hydrogens (tertiary/aromatic N) is 1. The molecule has 0 bridgehead atoms. The fraction of sp³-hybridized carbons (Fsp3) is 0.944. The van der Waals surface area contributed by atoms with Crippen molar-refractivity contribution in [1.82, 2.24) is 4.90 Å². The highest BCUT2D eigenvalue weighted by atomic mass is 16.7. The van der Waals surface area contributed by atoms with Gasteiger partial charge in [0.05, 0.1) is 42.0 Å². The average Bonchev–Trinajstić information content (AvgIpc) is 3.27. The highest BCUT2D eigenvalue weighted by Crippen LogP contribution is 2.54. The zero-order chi connectivity index (χ0) is 37.9. The number of methoxy groups -OCH3 is 1. The van der Waals surface area contributed by atoms with E-state index < -0.39 is 113 Å². The molecule has 0 saturated carbocycles. The van der Waals surface area contributed by atoms with Crippen molar-refractivity contribution in [3.05, 3.63) is 0 Å². The van der Waals surface area contributed by atoms with Crippen LogP contribution in [0.15, 0.2) is 0 Å². The summed E-state index contributed by atoms with van der Waals surface area (Å²) in [5.41, 5.74) is -7.26. The Bertz CT molecular complexity index is 1220. The summed E-state index contributed by atoms with van der Waals surface area (Å²) in [6.07, 6.45) is -9.20. The summed E-state index contributed by atoms with van der Waals surface area (Å²) in [6, 6.07) is -0.665. The highest BCUT2D eigenvalue weighted by molar-refractivity contribution is 5.83. The Labute approximate surface area is 296 Å². The van der Waals surface area contributed by atoms with Gasteiger partial charge < -0.3 is 58.9 Å². The van der Waals surface area contributed by atoms with Crippen LogP contribution < -0.4 is 0 Å². The summed E-state index contributed by atoms with van der Waals surface area (Å²) in [4.78, 5) is 29.9. The van der Waals surface area contributed by atoms with E-state index in [-0.39, 0.29) is 25.4 Å². The second-order valence-corrected chi connectivity index (χ2v) is 16.3. The average molecular weight is 718 g/mol. The minimum atomic E-state index is -2.15. The number of ketones is 1. The Morgan fingerprint density at radius 1 is 0.900 bits per heavy atom. The summed E-state index contributed by atoms with van der Waals surface area (Å²) >= 11 is 0. The zero-order valence-electron chi connectivity index (χ0n) is 31.9. The van der Waals surface area contributed by atoms with Crippen LogP contribution >= 0.6 is 0 Å². The third kappa shape index (κ3) is 6.92. The Hall–Kier alpha value is -1.30. The van der Waals surface area contributed by atoms with Gasteiger partial charge in [0.25, 0.3) is 0 Å². The molecule has 8 unspecified atom stereocenters. The molecule has 0 radical (unpaired) electrons. The second kappa shape index (κ2) is 14.8. The first-order valence-corrected chi connectivity index (χ1v) is 18.1. The molecule has 0 aromatic carbocycles. The third-order valence-electron chi connectivity index (χ3n) is 12.4. The van der Waals surface area contributed by atoms with Gasteiger partial charge in [-0.15, -0.1) is 0 Å². The van der Waals surface area contributed by atoms with Gasteiger partial charge in [-0.25, -0.2) is 0 Å². The quantitative estimate of drug-likeness (QED) is 0.254. The molecule has 0 aromatic heterocycles. The number of carbonyl (C=O) groups is 2. The Morgan fingerprint density at radius 3 is 2.08 bits per heavy atom. The number of rotatable bonds is 5. The summed E-state index contributed by atoms with van der Waals surface area (Å²) in [7, 11) is 5.05. The van der Waals surface area contributed by atoms with E-state index in [1.54, 1.807) is 60.5 Å². The number of aliphatic hydroxyl groups excluding tert-OH is 2. The van der Waals surface area contributed by atoms with Gasteiger partial charge in [0.2, 0.25) is 0 Å². The SMILES string of the molecule is CC[C@H]1OC(=O)[C@H](C)[C@@H](OC2CC(C)(OC)C(O)C(C)O2)[C@H](C)[C@H]2OC3OC(C)CC(N(C)C)C3(O)[C@@]2(O)C[C@@H](C)C(=O)[C@H](C)[C@@H](O)[C@]1(C)O. The molecule has 5 N–H and O–H groups in total. The summed E-state index contributed by atoms with van der Waals surface area (Å²) in [5, 5.41) is 59.7. The standard InChI is InChI=1S/C36H63NO13/c1-13-24-34(9,42)28(39)19(4)26(38)17(2)15-35(43)30(50-32-36(35,44)23(37(10)11)14-18(3)46-32)20(5)27(21(6)31(41)48-24)49-25-16-33(8,45-12)29(40)22(7)47-25/h17-25,27-30,32,39-40,42-44H,13-16H2,1-12H3/t17-,18?,19+,20+,21-,22?,23?,24-,25?,27+,28-,29?,30-,32?,33?,34-,35-,36?/m1/s1. The maximum atomic E-state index is 14.1. The second-order valence-electron chi connectivity index (χ2n) is 16.3. The molecule has 4 rings (SSSR count).